The Hall–Kier alpha value is -2.29. The molecule has 0 spiro atoms. The molecular weight excluding hydrogens is 310 g/mol. The zero-order valence-corrected chi connectivity index (χ0v) is 15.1. The lowest BCUT2D eigenvalue weighted by Crippen LogP contribution is -2.38. The first kappa shape index (κ1) is 17.5. The highest BCUT2D eigenvalue weighted by Crippen LogP contribution is 2.25. The van der Waals surface area contributed by atoms with Crippen LogP contribution < -0.4 is 10.1 Å². The van der Waals surface area contributed by atoms with E-state index < -0.39 is 6.10 Å². The van der Waals surface area contributed by atoms with Crippen molar-refractivity contribution in [2.45, 2.75) is 51.6 Å². The maximum absolute atomic E-state index is 12.3. The summed E-state index contributed by atoms with van der Waals surface area (Å²) >= 11 is 0. The predicted octanol–water partition coefficient (Wildman–Crippen LogP) is 4.25. The molecule has 3 rings (SSSR count). The van der Waals surface area contributed by atoms with Crippen LogP contribution in [0.15, 0.2) is 48.5 Å². The molecule has 0 saturated heterocycles. The molecule has 1 N–H and O–H groups in total. The summed E-state index contributed by atoms with van der Waals surface area (Å²) in [5.41, 5.74) is 4.02. The fourth-order valence-electron chi connectivity index (χ4n) is 3.34. The van der Waals surface area contributed by atoms with Gasteiger partial charge in [0.2, 0.25) is 0 Å². The average Bonchev–Trinajstić information content (AvgIpc) is 2.66. The highest BCUT2D eigenvalue weighted by molar-refractivity contribution is 5.80. The Morgan fingerprint density at radius 1 is 1.04 bits per heavy atom. The average molecular weight is 337 g/mol. The number of benzene rings is 2. The van der Waals surface area contributed by atoms with Crippen molar-refractivity contribution in [3.63, 3.8) is 0 Å². The number of nitrogens with one attached hydrogen (secondary N) is 1. The number of rotatable bonds is 6. The highest BCUT2D eigenvalue weighted by atomic mass is 16.5. The summed E-state index contributed by atoms with van der Waals surface area (Å²) in [5, 5.41) is 3.00. The first-order valence-electron chi connectivity index (χ1n) is 9.24. The summed E-state index contributed by atoms with van der Waals surface area (Å²) in [5.74, 6) is 1.00. The van der Waals surface area contributed by atoms with Crippen LogP contribution in [0, 0.1) is 0 Å². The number of carbonyl (C=O) groups excluding carboxylic acids is 1. The minimum atomic E-state index is -0.496. The number of hydrogen-bond acceptors (Lipinski definition) is 2. The fraction of sp³-hybridized carbons (Fsp3) is 0.409. The van der Waals surface area contributed by atoms with E-state index >= 15 is 0 Å². The van der Waals surface area contributed by atoms with Crippen molar-refractivity contribution >= 4 is 5.91 Å². The molecule has 0 fully saturated rings. The van der Waals surface area contributed by atoms with Gasteiger partial charge in [0.25, 0.3) is 5.91 Å². The fourth-order valence-corrected chi connectivity index (χ4v) is 3.34. The van der Waals surface area contributed by atoms with Crippen LogP contribution in [-0.2, 0) is 17.6 Å². The molecule has 3 nitrogen and oxygen atoms in total. The Balaban J connectivity index is 1.52. The smallest absolute Gasteiger partial charge is 0.260 e. The number of hydrogen-bond donors (Lipinski definition) is 1. The molecule has 0 bridgehead atoms. The van der Waals surface area contributed by atoms with Gasteiger partial charge in [0.05, 0.1) is 0 Å². The predicted molar refractivity (Wildman–Crippen MR) is 101 cm³/mol. The Morgan fingerprint density at radius 2 is 1.76 bits per heavy atom. The van der Waals surface area contributed by atoms with Gasteiger partial charge in [-0.3, -0.25) is 4.79 Å². The lowest BCUT2D eigenvalue weighted by molar-refractivity contribution is -0.127. The molecule has 0 heterocycles. The molecule has 25 heavy (non-hydrogen) atoms. The Kier molecular flexibility index (Phi) is 5.75. The van der Waals surface area contributed by atoms with Gasteiger partial charge in [-0.15, -0.1) is 0 Å². The maximum Gasteiger partial charge on any atom is 0.260 e. The van der Waals surface area contributed by atoms with Gasteiger partial charge in [-0.05, 0) is 67.3 Å². The molecule has 132 valence electrons. The second-order valence-electron chi connectivity index (χ2n) is 6.95. The van der Waals surface area contributed by atoms with Crippen molar-refractivity contribution in [3.8, 4) is 5.75 Å². The van der Waals surface area contributed by atoms with Gasteiger partial charge in [-0.2, -0.15) is 0 Å². The highest BCUT2D eigenvalue weighted by Gasteiger charge is 2.17. The molecule has 1 aliphatic carbocycles. The van der Waals surface area contributed by atoms with E-state index in [9.17, 15) is 4.79 Å². The zero-order chi connectivity index (χ0) is 17.6. The van der Waals surface area contributed by atoms with E-state index in [0.29, 0.717) is 6.54 Å². The minimum Gasteiger partial charge on any atom is -0.481 e. The number of amides is 1. The van der Waals surface area contributed by atoms with E-state index in [1.54, 1.807) is 0 Å². The zero-order valence-electron chi connectivity index (χ0n) is 15.1. The molecular formula is C22H27NO2. The second-order valence-corrected chi connectivity index (χ2v) is 6.95. The molecule has 3 heteroatoms. The Labute approximate surface area is 150 Å². The second kappa shape index (κ2) is 8.19. The normalized spacial score (nSPS) is 15.8. The summed E-state index contributed by atoms with van der Waals surface area (Å²) in [4.78, 5) is 12.3. The summed E-state index contributed by atoms with van der Waals surface area (Å²) < 4.78 is 5.87. The van der Waals surface area contributed by atoms with E-state index in [1.165, 1.54) is 29.5 Å². The van der Waals surface area contributed by atoms with Gasteiger partial charge in [0.15, 0.2) is 6.10 Å². The van der Waals surface area contributed by atoms with Crippen LogP contribution in [0.1, 0.15) is 49.3 Å². The number of ether oxygens (including phenoxy) is 1. The summed E-state index contributed by atoms with van der Waals surface area (Å²) in [6.07, 6.45) is 4.28. The van der Waals surface area contributed by atoms with E-state index in [-0.39, 0.29) is 11.8 Å². The number of aryl methyl sites for hydroxylation is 2. The molecule has 1 aliphatic rings. The summed E-state index contributed by atoms with van der Waals surface area (Å²) in [6.45, 7) is 4.54. The van der Waals surface area contributed by atoms with Gasteiger partial charge in [0, 0.05) is 6.54 Å². The van der Waals surface area contributed by atoms with Crippen LogP contribution in [0.5, 0.6) is 5.75 Å². The molecule has 0 unspecified atom stereocenters. The number of carbonyl (C=O) groups is 1. The van der Waals surface area contributed by atoms with Gasteiger partial charge < -0.3 is 10.1 Å². The molecule has 2 aromatic carbocycles. The van der Waals surface area contributed by atoms with E-state index in [1.807, 2.05) is 31.2 Å². The van der Waals surface area contributed by atoms with Crippen molar-refractivity contribution < 1.29 is 9.53 Å². The minimum absolute atomic E-state index is 0.0690. The van der Waals surface area contributed by atoms with Gasteiger partial charge in [0.1, 0.15) is 5.75 Å². The quantitative estimate of drug-likeness (QED) is 0.855. The lowest BCUT2D eigenvalue weighted by Gasteiger charge is -2.20. The first-order valence-corrected chi connectivity index (χ1v) is 9.24. The standard InChI is InChI=1S/C22H27NO2/c1-16(18-8-4-3-5-9-18)15-23-22(24)17(2)25-21-13-12-19-10-6-7-11-20(19)14-21/h3-5,8-9,12-14,16-17H,6-7,10-11,15H2,1-2H3,(H,23,24)/t16-,17-/m0/s1. The largest absolute Gasteiger partial charge is 0.481 e. The monoisotopic (exact) mass is 337 g/mol. The van der Waals surface area contributed by atoms with Gasteiger partial charge in [-0.1, -0.05) is 43.3 Å². The van der Waals surface area contributed by atoms with Gasteiger partial charge in [-0.25, -0.2) is 0 Å². The molecule has 1 amide bonds. The molecule has 0 aromatic heterocycles. The van der Waals surface area contributed by atoms with Crippen LogP contribution in [-0.4, -0.2) is 18.6 Å². The Morgan fingerprint density at radius 3 is 2.52 bits per heavy atom. The maximum atomic E-state index is 12.3. The van der Waals surface area contributed by atoms with E-state index in [0.717, 1.165) is 18.6 Å². The van der Waals surface area contributed by atoms with Gasteiger partial charge >= 0.3 is 0 Å². The summed E-state index contributed by atoms with van der Waals surface area (Å²) in [6, 6.07) is 16.5. The summed E-state index contributed by atoms with van der Waals surface area (Å²) in [7, 11) is 0. The van der Waals surface area contributed by atoms with Crippen molar-refractivity contribution in [1.29, 1.82) is 0 Å². The molecule has 0 aliphatic heterocycles. The third kappa shape index (κ3) is 4.62. The van der Waals surface area contributed by atoms with Crippen LogP contribution in [0.4, 0.5) is 0 Å². The van der Waals surface area contributed by atoms with Crippen LogP contribution in [0.2, 0.25) is 0 Å². The molecule has 0 saturated carbocycles. The molecule has 2 aromatic rings. The third-order valence-electron chi connectivity index (χ3n) is 4.95. The molecule has 2 atom stereocenters. The van der Waals surface area contributed by atoms with Crippen molar-refractivity contribution in [2.75, 3.05) is 6.54 Å². The van der Waals surface area contributed by atoms with E-state index in [4.69, 9.17) is 4.74 Å². The first-order chi connectivity index (χ1) is 12.1. The Bertz CT molecular complexity index is 711. The van der Waals surface area contributed by atoms with E-state index in [2.05, 4.69) is 36.5 Å². The van der Waals surface area contributed by atoms with Crippen LogP contribution in [0.3, 0.4) is 0 Å². The lowest BCUT2D eigenvalue weighted by atomic mass is 9.92. The van der Waals surface area contributed by atoms with Crippen LogP contribution in [0.25, 0.3) is 0 Å². The number of fused-ring (bicyclic) bond motifs is 1. The third-order valence-corrected chi connectivity index (χ3v) is 4.95. The molecule has 0 radical (unpaired) electrons. The van der Waals surface area contributed by atoms with Crippen molar-refractivity contribution in [2.24, 2.45) is 0 Å². The topological polar surface area (TPSA) is 38.3 Å². The van der Waals surface area contributed by atoms with Crippen LogP contribution >= 0.6 is 0 Å². The SMILES string of the molecule is C[C@H](Oc1ccc2c(c1)CCCC2)C(=O)NC[C@H](C)c1ccccc1. The van der Waals surface area contributed by atoms with Crippen molar-refractivity contribution in [3.05, 3.63) is 65.2 Å². The van der Waals surface area contributed by atoms with Crippen molar-refractivity contribution in [1.82, 2.24) is 5.32 Å².